The van der Waals surface area contributed by atoms with Gasteiger partial charge in [-0.1, -0.05) is 80.2 Å². The van der Waals surface area contributed by atoms with Crippen LogP contribution in [-0.4, -0.2) is 27.2 Å². The predicted molar refractivity (Wildman–Crippen MR) is 134 cm³/mol. The first-order valence-electron chi connectivity index (χ1n) is 11.2. The van der Waals surface area contributed by atoms with E-state index in [4.69, 9.17) is 0 Å². The Kier molecular flexibility index (Phi) is 7.75. The average Bonchev–Trinajstić information content (AvgIpc) is 3.24. The van der Waals surface area contributed by atoms with Crippen LogP contribution in [0.4, 0.5) is 4.39 Å². The summed E-state index contributed by atoms with van der Waals surface area (Å²) in [5.41, 5.74) is 3.18. The summed E-state index contributed by atoms with van der Waals surface area (Å²) >= 11 is 1.49. The van der Waals surface area contributed by atoms with Crippen molar-refractivity contribution >= 4 is 17.7 Å². The summed E-state index contributed by atoms with van der Waals surface area (Å²) in [5.74, 6) is 1.30. The van der Waals surface area contributed by atoms with Gasteiger partial charge < -0.3 is 5.32 Å². The second-order valence-electron chi connectivity index (χ2n) is 8.44. The van der Waals surface area contributed by atoms with Gasteiger partial charge in [0.15, 0.2) is 5.16 Å². The molecule has 4 aromatic rings. The lowest BCUT2D eigenvalue weighted by Crippen LogP contribution is -2.27. The monoisotopic (exact) mass is 474 g/mol. The Balaban J connectivity index is 1.53. The molecular weight excluding hydrogens is 447 g/mol. The number of benzene rings is 3. The second-order valence-corrected chi connectivity index (χ2v) is 9.38. The predicted octanol–water partition coefficient (Wildman–Crippen LogP) is 5.68. The summed E-state index contributed by atoms with van der Waals surface area (Å²) in [5, 5.41) is 12.3. The number of carbonyl (C=O) groups excluding carboxylic acids is 1. The summed E-state index contributed by atoms with van der Waals surface area (Å²) in [6.07, 6.45) is 0.545. The zero-order valence-corrected chi connectivity index (χ0v) is 20.1. The van der Waals surface area contributed by atoms with E-state index < -0.39 is 0 Å². The lowest BCUT2D eigenvalue weighted by atomic mass is 10.1. The minimum Gasteiger partial charge on any atom is -0.352 e. The summed E-state index contributed by atoms with van der Waals surface area (Å²) in [6.45, 7) is 4.77. The van der Waals surface area contributed by atoms with Gasteiger partial charge in [0.2, 0.25) is 0 Å². The Hall–Kier alpha value is -3.45. The maximum atomic E-state index is 14.7. The van der Waals surface area contributed by atoms with Crippen LogP contribution < -0.4 is 5.32 Å². The molecule has 1 heterocycles. The van der Waals surface area contributed by atoms with Gasteiger partial charge in [0, 0.05) is 24.3 Å². The van der Waals surface area contributed by atoms with Crippen molar-refractivity contribution in [3.63, 3.8) is 0 Å². The molecule has 0 bridgehead atoms. The largest absolute Gasteiger partial charge is 0.352 e. The van der Waals surface area contributed by atoms with Crippen LogP contribution in [0.25, 0.3) is 5.69 Å². The summed E-state index contributed by atoms with van der Waals surface area (Å²) < 4.78 is 16.5. The third-order valence-electron chi connectivity index (χ3n) is 5.25. The van der Waals surface area contributed by atoms with E-state index in [1.165, 1.54) is 17.8 Å². The molecule has 0 fully saturated rings. The van der Waals surface area contributed by atoms with Gasteiger partial charge in [0.1, 0.15) is 11.6 Å². The van der Waals surface area contributed by atoms with Crippen LogP contribution in [0, 0.1) is 11.7 Å². The minimum absolute atomic E-state index is 0.0715. The molecule has 7 heteroatoms. The first-order chi connectivity index (χ1) is 16.5. The Labute approximate surface area is 203 Å². The summed E-state index contributed by atoms with van der Waals surface area (Å²) in [7, 11) is 0. The summed E-state index contributed by atoms with van der Waals surface area (Å²) in [6, 6.07) is 24.1. The number of thioether (sulfide) groups is 1. The standard InChI is InChI=1S/C27H27FN4OS/c1-19(2)17-29-26(33)22-14-12-21(13-15-22)18-34-27-31-30-25(16-20-8-4-3-5-9-20)32(27)24-11-7-6-10-23(24)28/h3-15,19H,16-18H2,1-2H3,(H,29,33). The third kappa shape index (κ3) is 5.91. The molecule has 3 aromatic carbocycles. The van der Waals surface area contributed by atoms with Crippen molar-refractivity contribution in [1.82, 2.24) is 20.1 Å². The molecule has 0 atom stereocenters. The highest BCUT2D eigenvalue weighted by atomic mass is 32.2. The molecule has 5 nitrogen and oxygen atoms in total. The first-order valence-corrected chi connectivity index (χ1v) is 12.2. The van der Waals surface area contributed by atoms with Crippen molar-refractivity contribution in [2.75, 3.05) is 6.54 Å². The molecule has 0 aliphatic heterocycles. The molecule has 0 saturated carbocycles. The van der Waals surface area contributed by atoms with E-state index in [2.05, 4.69) is 29.4 Å². The lowest BCUT2D eigenvalue weighted by Gasteiger charge is -2.11. The Morgan fingerprint density at radius 2 is 1.65 bits per heavy atom. The zero-order valence-electron chi connectivity index (χ0n) is 19.2. The normalized spacial score (nSPS) is 11.1. The molecule has 0 radical (unpaired) electrons. The van der Waals surface area contributed by atoms with Crippen LogP contribution in [-0.2, 0) is 12.2 Å². The lowest BCUT2D eigenvalue weighted by molar-refractivity contribution is 0.0949. The van der Waals surface area contributed by atoms with E-state index in [0.717, 1.165) is 11.1 Å². The highest BCUT2D eigenvalue weighted by molar-refractivity contribution is 7.98. The third-order valence-corrected chi connectivity index (χ3v) is 6.25. The van der Waals surface area contributed by atoms with Crippen molar-refractivity contribution in [1.29, 1.82) is 0 Å². The van der Waals surface area contributed by atoms with Crippen molar-refractivity contribution < 1.29 is 9.18 Å². The van der Waals surface area contributed by atoms with E-state index in [9.17, 15) is 9.18 Å². The van der Waals surface area contributed by atoms with Crippen molar-refractivity contribution in [2.24, 2.45) is 5.92 Å². The number of amides is 1. The smallest absolute Gasteiger partial charge is 0.251 e. The topological polar surface area (TPSA) is 59.8 Å². The number of nitrogens with zero attached hydrogens (tertiary/aromatic N) is 3. The Morgan fingerprint density at radius 3 is 2.35 bits per heavy atom. The Morgan fingerprint density at radius 1 is 0.941 bits per heavy atom. The molecule has 174 valence electrons. The SMILES string of the molecule is CC(C)CNC(=O)c1ccc(CSc2nnc(Cc3ccccc3)n2-c2ccccc2F)cc1. The first kappa shape index (κ1) is 23.7. The number of rotatable bonds is 9. The van der Waals surface area contributed by atoms with Gasteiger partial charge in [-0.2, -0.15) is 0 Å². The van der Waals surface area contributed by atoms with Gasteiger partial charge in [-0.25, -0.2) is 4.39 Å². The van der Waals surface area contributed by atoms with E-state index in [0.29, 0.717) is 46.9 Å². The van der Waals surface area contributed by atoms with Crippen molar-refractivity contribution in [2.45, 2.75) is 31.2 Å². The summed E-state index contributed by atoms with van der Waals surface area (Å²) in [4.78, 5) is 12.3. The van der Waals surface area contributed by atoms with Gasteiger partial charge in [0.25, 0.3) is 5.91 Å². The van der Waals surface area contributed by atoms with Crippen LogP contribution in [0.2, 0.25) is 0 Å². The maximum Gasteiger partial charge on any atom is 0.251 e. The van der Waals surface area contributed by atoms with Crippen molar-refractivity contribution in [3.8, 4) is 5.69 Å². The van der Waals surface area contributed by atoms with Crippen molar-refractivity contribution in [3.05, 3.63) is 107 Å². The van der Waals surface area contributed by atoms with E-state index in [-0.39, 0.29) is 11.7 Å². The Bertz CT molecular complexity index is 1240. The van der Waals surface area contributed by atoms with E-state index in [1.54, 1.807) is 16.7 Å². The molecule has 0 aliphatic carbocycles. The van der Waals surface area contributed by atoms with Gasteiger partial charge >= 0.3 is 0 Å². The molecule has 0 unspecified atom stereocenters. The number of halogens is 1. The number of hydrogen-bond donors (Lipinski definition) is 1. The minimum atomic E-state index is -0.324. The van der Waals surface area contributed by atoms with Gasteiger partial charge in [-0.15, -0.1) is 10.2 Å². The molecule has 4 rings (SSSR count). The second kappa shape index (κ2) is 11.1. The van der Waals surface area contributed by atoms with Gasteiger partial charge in [-0.3, -0.25) is 9.36 Å². The number of hydrogen-bond acceptors (Lipinski definition) is 4. The number of aromatic nitrogens is 3. The van der Waals surface area contributed by atoms with Gasteiger partial charge in [0.05, 0.1) is 5.69 Å². The highest BCUT2D eigenvalue weighted by Gasteiger charge is 2.18. The molecule has 0 saturated heterocycles. The molecule has 1 amide bonds. The molecule has 0 spiro atoms. The molecule has 34 heavy (non-hydrogen) atoms. The fraction of sp³-hybridized carbons (Fsp3) is 0.222. The van der Waals surface area contributed by atoms with Crippen LogP contribution >= 0.6 is 11.8 Å². The fourth-order valence-electron chi connectivity index (χ4n) is 3.46. The molecule has 1 aromatic heterocycles. The highest BCUT2D eigenvalue weighted by Crippen LogP contribution is 2.27. The molecule has 0 aliphatic rings. The number of nitrogens with one attached hydrogen (secondary N) is 1. The molecular formula is C27H27FN4OS. The van der Waals surface area contributed by atoms with Crippen LogP contribution in [0.1, 0.15) is 41.2 Å². The molecule has 1 N–H and O–H groups in total. The average molecular weight is 475 g/mol. The van der Waals surface area contributed by atoms with Crippen LogP contribution in [0.15, 0.2) is 84.0 Å². The van der Waals surface area contributed by atoms with Gasteiger partial charge in [-0.05, 0) is 41.3 Å². The van der Waals surface area contributed by atoms with E-state index in [1.807, 2.05) is 60.7 Å². The number of carbonyl (C=O) groups is 1. The zero-order chi connectivity index (χ0) is 23.9. The van der Waals surface area contributed by atoms with Crippen LogP contribution in [0.3, 0.4) is 0 Å². The van der Waals surface area contributed by atoms with E-state index >= 15 is 0 Å². The number of para-hydroxylation sites is 1. The maximum absolute atomic E-state index is 14.7. The quantitative estimate of drug-likeness (QED) is 0.317. The van der Waals surface area contributed by atoms with Crippen LogP contribution in [0.5, 0.6) is 0 Å². The fourth-order valence-corrected chi connectivity index (χ4v) is 4.38.